The van der Waals surface area contributed by atoms with Gasteiger partial charge in [0, 0.05) is 65.4 Å². The van der Waals surface area contributed by atoms with E-state index in [0.29, 0.717) is 0 Å². The summed E-state index contributed by atoms with van der Waals surface area (Å²) in [5.41, 5.74) is 2.86. The molecule has 0 aromatic heterocycles. The Kier molecular flexibility index (Phi) is 30.8. The van der Waals surface area contributed by atoms with E-state index in [9.17, 15) is 0 Å². The molecule has 0 aliphatic carbocycles. The normalized spacial score (nSPS) is 20.6. The van der Waals surface area contributed by atoms with Gasteiger partial charge in [-0.3, -0.25) is 9.80 Å². The summed E-state index contributed by atoms with van der Waals surface area (Å²) >= 11 is 0. The summed E-state index contributed by atoms with van der Waals surface area (Å²) in [5.74, 6) is 0. The maximum absolute atomic E-state index is 3.63. The molecule has 3 rings (SSSR count). The van der Waals surface area contributed by atoms with Gasteiger partial charge in [0.15, 0.2) is 0 Å². The van der Waals surface area contributed by atoms with Crippen LogP contribution < -0.4 is 31.9 Å². The van der Waals surface area contributed by atoms with Crippen LogP contribution in [0.15, 0.2) is 24.3 Å². The molecule has 2 aliphatic heterocycles. The van der Waals surface area contributed by atoms with Gasteiger partial charge in [-0.15, -0.1) is 0 Å². The summed E-state index contributed by atoms with van der Waals surface area (Å²) < 4.78 is 0. The van der Waals surface area contributed by atoms with Gasteiger partial charge in [-0.1, -0.05) is 24.3 Å². The standard InChI is InChI=1S/C28H54N8.2O.2Tc/c1-9-29-15-17-31-13-3-21-35(23-19-33-11-1)25-27-5-7-28(8-6-27)26-36-22-4-14-32-18-16-30-10-2-12-34-20-24-36;;;;/h5-8,29-34H,1-4,9-26H2;;;;/q;2*-2;2*+4/i;;;2*1+1. The molecule has 2 fully saturated rings. The van der Waals surface area contributed by atoms with Gasteiger partial charge >= 0.3 is 40.2 Å². The molecule has 2 heterocycles. The third-order valence-corrected chi connectivity index (χ3v) is 7.07. The van der Waals surface area contributed by atoms with Crippen LogP contribution in [0.1, 0.15) is 36.8 Å². The van der Waals surface area contributed by atoms with Crippen molar-refractivity contribution in [1.29, 1.82) is 0 Å². The Balaban J connectivity index is 0. The van der Waals surface area contributed by atoms with Crippen LogP contribution in [0.3, 0.4) is 0 Å². The second-order valence-corrected chi connectivity index (χ2v) is 10.3. The monoisotopic (exact) mass is 732 g/mol. The van der Waals surface area contributed by atoms with Gasteiger partial charge < -0.3 is 42.9 Å². The molecule has 10 nitrogen and oxygen atoms in total. The van der Waals surface area contributed by atoms with E-state index in [1.54, 1.807) is 0 Å². The second kappa shape index (κ2) is 29.2. The minimum absolute atomic E-state index is 0. The van der Waals surface area contributed by atoms with Gasteiger partial charge in [0.25, 0.3) is 0 Å². The molecular weight excluding hydrogens is 678 g/mol. The Morgan fingerprint density at radius 2 is 0.700 bits per heavy atom. The second-order valence-electron chi connectivity index (χ2n) is 10.3. The van der Waals surface area contributed by atoms with Crippen LogP contribution in [-0.2, 0) is 64.3 Å². The van der Waals surface area contributed by atoms with Gasteiger partial charge in [0.05, 0.1) is 0 Å². The molecular formula is C28H54N8O2Tc2+4. The van der Waals surface area contributed by atoms with E-state index in [1.807, 2.05) is 0 Å². The fraction of sp³-hybridized carbons (Fsp3) is 0.786. The summed E-state index contributed by atoms with van der Waals surface area (Å²) in [6, 6.07) is 9.42. The Hall–Kier alpha value is 0.119. The van der Waals surface area contributed by atoms with Crippen molar-refractivity contribution in [2.24, 2.45) is 0 Å². The Bertz CT molecular complexity index is 581. The molecule has 0 spiro atoms. The predicted octanol–water partition coefficient (Wildman–Crippen LogP) is 0.173. The first-order valence-corrected chi connectivity index (χ1v) is 14.7. The van der Waals surface area contributed by atoms with Crippen molar-refractivity contribution < 1.29 is 51.2 Å². The van der Waals surface area contributed by atoms with E-state index in [4.69, 9.17) is 0 Å². The third kappa shape index (κ3) is 20.9. The fourth-order valence-electron chi connectivity index (χ4n) is 4.92. The van der Waals surface area contributed by atoms with Crippen molar-refractivity contribution in [2.75, 3.05) is 105 Å². The van der Waals surface area contributed by atoms with E-state index in [-0.39, 0.29) is 51.2 Å². The number of rotatable bonds is 4. The van der Waals surface area contributed by atoms with E-state index in [0.717, 1.165) is 118 Å². The zero-order valence-corrected chi connectivity index (χ0v) is 28.0. The molecule has 6 N–H and O–H groups in total. The van der Waals surface area contributed by atoms with Crippen LogP contribution in [0.2, 0.25) is 0 Å². The van der Waals surface area contributed by atoms with Crippen LogP contribution in [-0.4, -0.2) is 115 Å². The fourth-order valence-corrected chi connectivity index (χ4v) is 4.92. The summed E-state index contributed by atoms with van der Waals surface area (Å²) in [5, 5.41) is 21.4. The van der Waals surface area contributed by atoms with Crippen molar-refractivity contribution in [2.45, 2.75) is 38.8 Å². The average Bonchev–Trinajstić information content (AvgIpc) is 2.89. The Morgan fingerprint density at radius 1 is 0.400 bits per heavy atom. The molecule has 0 unspecified atom stereocenters. The molecule has 0 bridgehead atoms. The summed E-state index contributed by atoms with van der Waals surface area (Å²) in [6.07, 6.45) is 4.80. The molecule has 0 amide bonds. The van der Waals surface area contributed by atoms with Gasteiger partial charge in [-0.25, -0.2) is 0 Å². The van der Waals surface area contributed by atoms with Gasteiger partial charge in [0.1, 0.15) is 0 Å². The maximum Gasteiger partial charge on any atom is 4.00 e. The average molecular weight is 733 g/mol. The van der Waals surface area contributed by atoms with E-state index in [1.165, 1.54) is 36.8 Å². The van der Waals surface area contributed by atoms with Gasteiger partial charge in [0.2, 0.25) is 0 Å². The van der Waals surface area contributed by atoms with Crippen LogP contribution in [0, 0.1) is 0 Å². The number of nitrogens with one attached hydrogen (secondary N) is 6. The quantitative estimate of drug-likeness (QED) is 0.258. The van der Waals surface area contributed by atoms with E-state index < -0.39 is 0 Å². The molecule has 2 aliphatic rings. The SMILES string of the molecule is [99Tc+4].[99Tc+4].[O-2].[O-2].c1cc(CN2CCCNCCNCCCNCC2)ccc1CN1CCCNCCNCCCNCC1. The number of benzene rings is 1. The molecule has 1 aromatic carbocycles. The molecule has 0 saturated carbocycles. The van der Waals surface area contributed by atoms with E-state index in [2.05, 4.69) is 66.0 Å². The number of nitrogens with zero attached hydrogens (tertiary/aromatic N) is 2. The zero-order chi connectivity index (χ0) is 24.9. The van der Waals surface area contributed by atoms with Gasteiger partial charge in [-0.05, 0) is 89.2 Å². The Morgan fingerprint density at radius 3 is 1.05 bits per heavy atom. The smallest absolute Gasteiger partial charge is 2.00 e. The molecule has 2 radical (unpaired) electrons. The van der Waals surface area contributed by atoms with Crippen LogP contribution in [0.4, 0.5) is 0 Å². The van der Waals surface area contributed by atoms with Crippen LogP contribution in [0.5, 0.6) is 0 Å². The van der Waals surface area contributed by atoms with Crippen molar-refractivity contribution in [3.63, 3.8) is 0 Å². The van der Waals surface area contributed by atoms with Crippen molar-refractivity contribution in [3.8, 4) is 0 Å². The zero-order valence-electron chi connectivity index (χ0n) is 24.3. The first-order chi connectivity index (χ1) is 17.9. The van der Waals surface area contributed by atoms with E-state index >= 15 is 0 Å². The predicted molar refractivity (Wildman–Crippen MR) is 154 cm³/mol. The topological polar surface area (TPSA) is 136 Å². The van der Waals surface area contributed by atoms with Crippen molar-refractivity contribution >= 4 is 0 Å². The minimum atomic E-state index is 0. The molecule has 0 atom stereocenters. The van der Waals surface area contributed by atoms with Crippen molar-refractivity contribution in [3.05, 3.63) is 35.4 Å². The molecule has 2 saturated heterocycles. The summed E-state index contributed by atoms with van der Waals surface area (Å²) in [7, 11) is 0. The molecule has 1 aromatic rings. The summed E-state index contributed by atoms with van der Waals surface area (Å²) in [4.78, 5) is 5.23. The van der Waals surface area contributed by atoms with Crippen LogP contribution >= 0.6 is 0 Å². The van der Waals surface area contributed by atoms with Gasteiger partial charge in [-0.2, -0.15) is 0 Å². The number of hydrogen-bond donors (Lipinski definition) is 6. The molecule has 40 heavy (non-hydrogen) atoms. The molecule has 228 valence electrons. The minimum Gasteiger partial charge on any atom is -2.00 e. The molecule has 12 heteroatoms. The number of hydrogen-bond acceptors (Lipinski definition) is 8. The Labute approximate surface area is 270 Å². The first-order valence-electron chi connectivity index (χ1n) is 14.7. The summed E-state index contributed by atoms with van der Waals surface area (Å²) in [6.45, 7) is 19.6. The largest absolute Gasteiger partial charge is 4.00 e. The third-order valence-electron chi connectivity index (χ3n) is 7.07. The van der Waals surface area contributed by atoms with Crippen molar-refractivity contribution in [1.82, 2.24) is 41.7 Å². The first kappa shape index (κ1) is 42.3. The van der Waals surface area contributed by atoms with Crippen LogP contribution in [0.25, 0.3) is 0 Å². The maximum atomic E-state index is 3.63.